The summed E-state index contributed by atoms with van der Waals surface area (Å²) >= 11 is 0. The minimum absolute atomic E-state index is 0. The molecular formula is C20H29Cl2N3Re-2. The fourth-order valence-corrected chi connectivity index (χ4v) is 2.86. The van der Waals surface area contributed by atoms with Gasteiger partial charge >= 0.3 is 0 Å². The Bertz CT molecular complexity index is 555. The number of hydrogen-bond acceptors (Lipinski definition) is 3. The van der Waals surface area contributed by atoms with E-state index in [1.165, 1.54) is 33.6 Å². The van der Waals surface area contributed by atoms with Crippen molar-refractivity contribution in [3.05, 3.63) is 58.7 Å². The molecule has 0 bridgehead atoms. The topological polar surface area (TPSA) is 36.1 Å². The third kappa shape index (κ3) is 8.29. The molecule has 2 rings (SSSR count). The van der Waals surface area contributed by atoms with E-state index in [1.54, 1.807) is 0 Å². The quantitative estimate of drug-likeness (QED) is 0.324. The van der Waals surface area contributed by atoms with Gasteiger partial charge in [0.1, 0.15) is 0 Å². The first-order valence-corrected chi connectivity index (χ1v) is 8.40. The van der Waals surface area contributed by atoms with Crippen molar-refractivity contribution in [3.8, 4) is 0 Å². The van der Waals surface area contributed by atoms with Crippen LogP contribution in [-0.4, -0.2) is 26.2 Å². The van der Waals surface area contributed by atoms with E-state index in [2.05, 4.69) is 80.0 Å². The predicted molar refractivity (Wildman–Crippen MR) is 102 cm³/mol. The fourth-order valence-electron chi connectivity index (χ4n) is 2.86. The molecule has 6 heteroatoms. The third-order valence-corrected chi connectivity index (χ3v) is 4.17. The van der Waals surface area contributed by atoms with Gasteiger partial charge in [0.15, 0.2) is 0 Å². The number of rotatable bonds is 8. The van der Waals surface area contributed by atoms with E-state index in [4.69, 9.17) is 0 Å². The van der Waals surface area contributed by atoms with Crippen molar-refractivity contribution in [1.29, 1.82) is 0 Å². The molecule has 0 unspecified atom stereocenters. The normalized spacial score (nSPS) is 9.38. The summed E-state index contributed by atoms with van der Waals surface area (Å²) in [6.07, 6.45) is 0. The Kier molecular flexibility index (Phi) is 15.1. The Balaban J connectivity index is 0. The molecule has 147 valence electrons. The smallest absolute Gasteiger partial charge is 0.0400 e. The van der Waals surface area contributed by atoms with Gasteiger partial charge in [0, 0.05) is 58.0 Å². The molecule has 0 fully saturated rings. The maximum absolute atomic E-state index is 3.53. The summed E-state index contributed by atoms with van der Waals surface area (Å²) in [5.41, 5.74) is 7.76. The molecule has 0 aliphatic heterocycles. The van der Waals surface area contributed by atoms with E-state index in [1.807, 2.05) is 0 Å². The molecule has 0 amide bonds. The molecule has 0 aliphatic carbocycles. The van der Waals surface area contributed by atoms with E-state index in [0.29, 0.717) is 0 Å². The zero-order valence-corrected chi connectivity index (χ0v) is 20.2. The Labute approximate surface area is 184 Å². The summed E-state index contributed by atoms with van der Waals surface area (Å²) in [6.45, 7) is 12.4. The second kappa shape index (κ2) is 14.3. The maximum Gasteiger partial charge on any atom is 0.0400 e. The fraction of sp³-hybridized carbons (Fsp3) is 0.400. The minimum Gasteiger partial charge on any atom is -1.00 e. The summed E-state index contributed by atoms with van der Waals surface area (Å²) in [5, 5.41) is 10.5. The van der Waals surface area contributed by atoms with Crippen LogP contribution in [0.4, 0.5) is 11.4 Å². The average molecular weight is 569 g/mol. The van der Waals surface area contributed by atoms with Crippen LogP contribution in [0.2, 0.25) is 0 Å². The van der Waals surface area contributed by atoms with Crippen molar-refractivity contribution < 1.29 is 45.2 Å². The molecule has 0 aliphatic rings. The number of aryl methyl sites for hydroxylation is 4. The van der Waals surface area contributed by atoms with Crippen LogP contribution in [0.25, 0.3) is 0 Å². The molecule has 2 aromatic carbocycles. The van der Waals surface area contributed by atoms with Gasteiger partial charge in [-0.15, -0.1) is 0 Å². The third-order valence-electron chi connectivity index (χ3n) is 4.17. The Hall–Kier alpha value is -0.758. The molecular weight excluding hydrogens is 539 g/mol. The number of halogens is 2. The minimum atomic E-state index is 0. The molecule has 3 nitrogen and oxygen atoms in total. The van der Waals surface area contributed by atoms with Crippen LogP contribution in [-0.2, 0) is 20.4 Å². The standard InChI is InChI=1S/C20H29N3.2ClH.Re/c1-15-7-5-8-16(2)19(15)22-13-11-21-12-14-23-20-17(3)9-6-10-18(20)4;;;/h5-10,21-23H,11-14H2,1-4H3;2*1H;/p-2. The van der Waals surface area contributed by atoms with Crippen LogP contribution in [0.3, 0.4) is 0 Å². The van der Waals surface area contributed by atoms with Gasteiger partial charge in [-0.25, -0.2) is 0 Å². The summed E-state index contributed by atoms with van der Waals surface area (Å²) in [4.78, 5) is 0. The number of benzene rings is 2. The Morgan fingerprint density at radius 3 is 1.19 bits per heavy atom. The van der Waals surface area contributed by atoms with Crippen molar-refractivity contribution in [3.63, 3.8) is 0 Å². The summed E-state index contributed by atoms with van der Waals surface area (Å²) in [5.74, 6) is 0. The van der Waals surface area contributed by atoms with Crippen LogP contribution in [0, 0.1) is 27.7 Å². The molecule has 3 N–H and O–H groups in total. The first-order valence-electron chi connectivity index (χ1n) is 8.40. The Morgan fingerprint density at radius 1 is 0.577 bits per heavy atom. The van der Waals surface area contributed by atoms with Crippen LogP contribution >= 0.6 is 0 Å². The van der Waals surface area contributed by atoms with Crippen molar-refractivity contribution in [2.75, 3.05) is 36.8 Å². The van der Waals surface area contributed by atoms with E-state index < -0.39 is 0 Å². The first kappa shape index (κ1) is 27.5. The zero-order valence-electron chi connectivity index (χ0n) is 15.9. The number of anilines is 2. The van der Waals surface area contributed by atoms with Crippen molar-refractivity contribution in [2.24, 2.45) is 0 Å². The second-order valence-electron chi connectivity index (χ2n) is 6.14. The van der Waals surface area contributed by atoms with E-state index in [0.717, 1.165) is 26.2 Å². The molecule has 0 saturated carbocycles. The van der Waals surface area contributed by atoms with E-state index in [-0.39, 0.29) is 45.2 Å². The SMILES string of the molecule is Cc1cccc(C)c1NCCNCCNc1c(C)cccc1C.[Cl-].[Cl-].[Re]. The van der Waals surface area contributed by atoms with Crippen LogP contribution in [0.1, 0.15) is 22.3 Å². The van der Waals surface area contributed by atoms with Crippen molar-refractivity contribution in [1.82, 2.24) is 5.32 Å². The summed E-state index contributed by atoms with van der Waals surface area (Å²) < 4.78 is 0. The molecule has 26 heavy (non-hydrogen) atoms. The van der Waals surface area contributed by atoms with Crippen LogP contribution in [0.5, 0.6) is 0 Å². The van der Waals surface area contributed by atoms with Gasteiger partial charge in [-0.1, -0.05) is 36.4 Å². The monoisotopic (exact) mass is 568 g/mol. The molecule has 0 saturated heterocycles. The van der Waals surface area contributed by atoms with E-state index in [9.17, 15) is 0 Å². The summed E-state index contributed by atoms with van der Waals surface area (Å²) in [6, 6.07) is 12.8. The number of para-hydroxylation sites is 2. The largest absolute Gasteiger partial charge is 1.00 e. The number of nitrogens with one attached hydrogen (secondary N) is 3. The van der Waals surface area contributed by atoms with Gasteiger partial charge in [-0.05, 0) is 49.9 Å². The maximum atomic E-state index is 3.53. The Morgan fingerprint density at radius 2 is 0.885 bits per heavy atom. The van der Waals surface area contributed by atoms with Crippen molar-refractivity contribution >= 4 is 11.4 Å². The van der Waals surface area contributed by atoms with E-state index >= 15 is 0 Å². The predicted octanol–water partition coefficient (Wildman–Crippen LogP) is -1.96. The first-order chi connectivity index (χ1) is 11.1. The van der Waals surface area contributed by atoms with Gasteiger partial charge < -0.3 is 40.8 Å². The zero-order chi connectivity index (χ0) is 16.7. The van der Waals surface area contributed by atoms with Gasteiger partial charge in [0.2, 0.25) is 0 Å². The second-order valence-corrected chi connectivity index (χ2v) is 6.14. The van der Waals surface area contributed by atoms with Gasteiger partial charge in [-0.3, -0.25) is 0 Å². The average Bonchev–Trinajstić information content (AvgIpc) is 2.51. The molecule has 2 aromatic rings. The van der Waals surface area contributed by atoms with Crippen LogP contribution < -0.4 is 40.8 Å². The van der Waals surface area contributed by atoms with Gasteiger partial charge in [-0.2, -0.15) is 0 Å². The molecule has 0 atom stereocenters. The van der Waals surface area contributed by atoms with Gasteiger partial charge in [0.05, 0.1) is 0 Å². The molecule has 1 radical (unpaired) electrons. The summed E-state index contributed by atoms with van der Waals surface area (Å²) in [7, 11) is 0. The molecule has 0 aromatic heterocycles. The molecule has 0 spiro atoms. The van der Waals surface area contributed by atoms with Gasteiger partial charge in [0.25, 0.3) is 0 Å². The van der Waals surface area contributed by atoms with Crippen LogP contribution in [0.15, 0.2) is 36.4 Å². The molecule has 0 heterocycles. The number of hydrogen-bond donors (Lipinski definition) is 3. The van der Waals surface area contributed by atoms with Crippen molar-refractivity contribution in [2.45, 2.75) is 27.7 Å².